The molecule has 0 saturated heterocycles. The van der Waals surface area contributed by atoms with Gasteiger partial charge >= 0.3 is 0 Å². The summed E-state index contributed by atoms with van der Waals surface area (Å²) in [6.07, 6.45) is 0.838. The SMILES string of the molecule is Cc1ccc(-c2c(CN)c(CC(C)(C)C)nc3ccc(-c4nc(C(N)=O)cs4)cc23)cc1.Cl.Cl. The van der Waals surface area contributed by atoms with Gasteiger partial charge in [0.2, 0.25) is 0 Å². The summed E-state index contributed by atoms with van der Waals surface area (Å²) in [5.74, 6) is -0.521. The Hall–Kier alpha value is -2.51. The van der Waals surface area contributed by atoms with Crippen molar-refractivity contribution in [2.45, 2.75) is 40.7 Å². The minimum atomic E-state index is -0.521. The van der Waals surface area contributed by atoms with Crippen molar-refractivity contribution in [3.8, 4) is 21.7 Å². The number of pyridine rings is 1. The number of benzene rings is 2. The molecule has 8 heteroatoms. The summed E-state index contributed by atoms with van der Waals surface area (Å²) in [5.41, 5.74) is 19.5. The zero-order valence-corrected chi connectivity index (χ0v) is 22.2. The second kappa shape index (κ2) is 10.8. The van der Waals surface area contributed by atoms with Crippen LogP contribution >= 0.6 is 36.2 Å². The summed E-state index contributed by atoms with van der Waals surface area (Å²) in [4.78, 5) is 20.9. The van der Waals surface area contributed by atoms with Gasteiger partial charge in [-0.1, -0.05) is 50.6 Å². The van der Waals surface area contributed by atoms with E-state index in [1.807, 2.05) is 12.1 Å². The van der Waals surface area contributed by atoms with E-state index in [0.717, 1.165) is 50.3 Å². The number of aryl methyl sites for hydroxylation is 1. The van der Waals surface area contributed by atoms with Crippen molar-refractivity contribution >= 4 is 53.0 Å². The highest BCUT2D eigenvalue weighted by Gasteiger charge is 2.21. The molecule has 2 aromatic heterocycles. The number of thiazole rings is 1. The van der Waals surface area contributed by atoms with Gasteiger partial charge in [0.25, 0.3) is 5.91 Å². The van der Waals surface area contributed by atoms with Gasteiger partial charge < -0.3 is 11.5 Å². The molecule has 0 aliphatic heterocycles. The highest BCUT2D eigenvalue weighted by atomic mass is 35.5. The molecule has 2 heterocycles. The minimum Gasteiger partial charge on any atom is -0.364 e. The van der Waals surface area contributed by atoms with Crippen LogP contribution in [0.3, 0.4) is 0 Å². The Morgan fingerprint density at radius 2 is 1.65 bits per heavy atom. The van der Waals surface area contributed by atoms with Crippen LogP contribution in [0.2, 0.25) is 0 Å². The molecule has 0 aliphatic rings. The first-order chi connectivity index (χ1) is 15.2. The Bertz CT molecular complexity index is 1310. The summed E-state index contributed by atoms with van der Waals surface area (Å²) >= 11 is 1.41. The molecule has 34 heavy (non-hydrogen) atoms. The second-order valence-corrected chi connectivity index (χ2v) is 10.2. The van der Waals surface area contributed by atoms with E-state index in [9.17, 15) is 4.79 Å². The Kier molecular flexibility index (Phi) is 8.83. The Morgan fingerprint density at radius 1 is 1.00 bits per heavy atom. The molecule has 0 saturated carbocycles. The van der Waals surface area contributed by atoms with Crippen molar-refractivity contribution in [3.63, 3.8) is 0 Å². The standard InChI is InChI=1S/C26H28N4OS.2ClH/c1-15-5-7-16(8-6-15)23-18-11-17(25-30-22(14-32-25)24(28)31)9-10-20(18)29-21(19(23)13-27)12-26(2,3)4;;/h5-11,14H,12-13,27H2,1-4H3,(H2,28,31);2*1H. The van der Waals surface area contributed by atoms with Crippen molar-refractivity contribution < 1.29 is 4.79 Å². The van der Waals surface area contributed by atoms with E-state index in [1.165, 1.54) is 16.9 Å². The molecular weight excluding hydrogens is 487 g/mol. The van der Waals surface area contributed by atoms with Gasteiger partial charge in [-0.15, -0.1) is 36.2 Å². The number of amides is 1. The predicted octanol–water partition coefficient (Wildman–Crippen LogP) is 6.32. The summed E-state index contributed by atoms with van der Waals surface area (Å²) < 4.78 is 0. The van der Waals surface area contributed by atoms with E-state index in [0.29, 0.717) is 6.54 Å². The smallest absolute Gasteiger partial charge is 0.268 e. The van der Waals surface area contributed by atoms with Gasteiger partial charge in [-0.2, -0.15) is 0 Å². The van der Waals surface area contributed by atoms with E-state index in [1.54, 1.807) is 5.38 Å². The fraction of sp³-hybridized carbons (Fsp3) is 0.269. The lowest BCUT2D eigenvalue weighted by molar-refractivity contribution is 0.0996. The van der Waals surface area contributed by atoms with Crippen LogP contribution in [-0.4, -0.2) is 15.9 Å². The third-order valence-corrected chi connectivity index (χ3v) is 6.31. The van der Waals surface area contributed by atoms with Gasteiger partial charge in [-0.3, -0.25) is 9.78 Å². The lowest BCUT2D eigenvalue weighted by atomic mass is 9.85. The normalized spacial score (nSPS) is 11.1. The number of fused-ring (bicyclic) bond motifs is 1. The maximum absolute atomic E-state index is 11.5. The highest BCUT2D eigenvalue weighted by molar-refractivity contribution is 7.13. The van der Waals surface area contributed by atoms with Gasteiger partial charge in [-0.25, -0.2) is 4.98 Å². The number of hydrogen-bond donors (Lipinski definition) is 2. The first kappa shape index (κ1) is 27.7. The topological polar surface area (TPSA) is 94.9 Å². The summed E-state index contributed by atoms with van der Waals surface area (Å²) in [6, 6.07) is 14.7. The van der Waals surface area contributed by atoms with Crippen LogP contribution in [0.1, 0.15) is 48.1 Å². The highest BCUT2D eigenvalue weighted by Crippen LogP contribution is 2.37. The van der Waals surface area contributed by atoms with Crippen LogP contribution in [-0.2, 0) is 13.0 Å². The van der Waals surface area contributed by atoms with Gasteiger partial charge in [0.1, 0.15) is 10.7 Å². The molecule has 2 aromatic carbocycles. The van der Waals surface area contributed by atoms with E-state index < -0.39 is 5.91 Å². The molecule has 0 bridgehead atoms. The summed E-state index contributed by atoms with van der Waals surface area (Å²) in [7, 11) is 0. The van der Waals surface area contributed by atoms with E-state index in [2.05, 4.69) is 63.0 Å². The fourth-order valence-electron chi connectivity index (χ4n) is 3.92. The largest absolute Gasteiger partial charge is 0.364 e. The average molecular weight is 518 g/mol. The fourth-order valence-corrected chi connectivity index (χ4v) is 4.73. The molecule has 5 nitrogen and oxygen atoms in total. The van der Waals surface area contributed by atoms with Crippen molar-refractivity contribution in [1.82, 2.24) is 9.97 Å². The predicted molar refractivity (Wildman–Crippen MR) is 147 cm³/mol. The van der Waals surface area contributed by atoms with Crippen molar-refractivity contribution in [2.75, 3.05) is 0 Å². The molecule has 4 N–H and O–H groups in total. The number of carbonyl (C=O) groups excluding carboxylic acids is 1. The number of nitrogens with two attached hydrogens (primary N) is 2. The molecule has 1 amide bonds. The number of carbonyl (C=O) groups is 1. The number of hydrogen-bond acceptors (Lipinski definition) is 5. The van der Waals surface area contributed by atoms with Crippen LogP contribution in [0.4, 0.5) is 0 Å². The zero-order chi connectivity index (χ0) is 23.0. The molecule has 0 aliphatic carbocycles. The number of halogens is 2. The van der Waals surface area contributed by atoms with Crippen molar-refractivity contribution in [3.05, 3.63) is 70.4 Å². The maximum Gasteiger partial charge on any atom is 0.268 e. The van der Waals surface area contributed by atoms with Crippen LogP contribution in [0.15, 0.2) is 47.8 Å². The molecular formula is C26H30Cl2N4OS. The van der Waals surface area contributed by atoms with Crippen LogP contribution < -0.4 is 11.5 Å². The molecule has 0 fully saturated rings. The first-order valence-corrected chi connectivity index (χ1v) is 11.5. The lowest BCUT2D eigenvalue weighted by Crippen LogP contribution is -2.15. The molecule has 4 aromatic rings. The third kappa shape index (κ3) is 5.76. The van der Waals surface area contributed by atoms with Crippen molar-refractivity contribution in [1.29, 1.82) is 0 Å². The first-order valence-electron chi connectivity index (χ1n) is 10.6. The Morgan fingerprint density at radius 3 is 2.21 bits per heavy atom. The molecule has 0 radical (unpaired) electrons. The molecule has 180 valence electrons. The maximum atomic E-state index is 11.5. The monoisotopic (exact) mass is 516 g/mol. The summed E-state index contributed by atoms with van der Waals surface area (Å²) in [5, 5.41) is 3.47. The number of primary amides is 1. The van der Waals surface area contributed by atoms with Crippen molar-refractivity contribution in [2.24, 2.45) is 16.9 Å². The van der Waals surface area contributed by atoms with Gasteiger partial charge in [0.15, 0.2) is 0 Å². The van der Waals surface area contributed by atoms with Gasteiger partial charge in [-0.05, 0) is 53.6 Å². The number of nitrogens with zero attached hydrogens (tertiary/aromatic N) is 2. The zero-order valence-electron chi connectivity index (χ0n) is 19.7. The van der Waals surface area contributed by atoms with Crippen LogP contribution in [0.25, 0.3) is 32.6 Å². The second-order valence-electron chi connectivity index (χ2n) is 9.35. The van der Waals surface area contributed by atoms with Crippen LogP contribution in [0.5, 0.6) is 0 Å². The van der Waals surface area contributed by atoms with Gasteiger partial charge in [0.05, 0.1) is 5.52 Å². The quantitative estimate of drug-likeness (QED) is 0.324. The summed E-state index contributed by atoms with van der Waals surface area (Å²) in [6.45, 7) is 9.14. The third-order valence-electron chi connectivity index (χ3n) is 5.42. The average Bonchev–Trinajstić information content (AvgIpc) is 3.23. The number of rotatable bonds is 5. The molecule has 0 spiro atoms. The van der Waals surface area contributed by atoms with E-state index >= 15 is 0 Å². The Balaban J connectivity index is 0.00000204. The Labute approximate surface area is 216 Å². The number of aromatic nitrogens is 2. The van der Waals surface area contributed by atoms with E-state index in [-0.39, 0.29) is 35.9 Å². The minimum absolute atomic E-state index is 0. The van der Waals surface area contributed by atoms with Crippen LogP contribution in [0, 0.1) is 12.3 Å². The van der Waals surface area contributed by atoms with Gasteiger partial charge in [0, 0.05) is 28.6 Å². The lowest BCUT2D eigenvalue weighted by Gasteiger charge is -2.23. The van der Waals surface area contributed by atoms with E-state index in [4.69, 9.17) is 16.5 Å². The molecule has 0 atom stereocenters. The molecule has 4 rings (SSSR count). The molecule has 0 unspecified atom stereocenters.